The Hall–Kier alpha value is -2.36. The number of nitrogens with one attached hydrogen (secondary N) is 2. The number of fused-ring (bicyclic) bond motifs is 1. The quantitative estimate of drug-likeness (QED) is 0.749. The molecule has 0 spiro atoms. The maximum atomic E-state index is 4.42. The highest BCUT2D eigenvalue weighted by atomic mass is 15.1. The molecule has 0 aliphatic rings. The maximum Gasteiger partial charge on any atom is 0.141 e. The van der Waals surface area contributed by atoms with Crippen LogP contribution < -0.4 is 5.32 Å². The largest absolute Gasteiger partial charge is 0.340 e. The highest BCUT2D eigenvalue weighted by Gasteiger charge is 2.08. The highest BCUT2D eigenvalue weighted by Crippen LogP contribution is 2.25. The second-order valence-electron chi connectivity index (χ2n) is 4.58. The van der Waals surface area contributed by atoms with Crippen molar-refractivity contribution in [2.24, 2.45) is 0 Å². The summed E-state index contributed by atoms with van der Waals surface area (Å²) in [6, 6.07) is 10.3. The lowest BCUT2D eigenvalue weighted by Crippen LogP contribution is -1.95. The lowest BCUT2D eigenvalue weighted by molar-refractivity contribution is 1.07. The molecule has 0 fully saturated rings. The van der Waals surface area contributed by atoms with Gasteiger partial charge in [0.05, 0.1) is 10.9 Å². The molecule has 2 heterocycles. The number of pyridine rings is 1. The number of H-pyrrole nitrogens is 1. The van der Waals surface area contributed by atoms with E-state index in [1.165, 1.54) is 5.56 Å². The topological polar surface area (TPSA) is 53.6 Å². The average molecular weight is 252 g/mol. The molecule has 0 amide bonds. The predicted octanol–water partition coefficient (Wildman–Crippen LogP) is 3.57. The lowest BCUT2D eigenvalue weighted by Gasteiger charge is -2.08. The second-order valence-corrected chi connectivity index (χ2v) is 4.58. The summed E-state index contributed by atoms with van der Waals surface area (Å²) in [5.74, 6) is 0.844. The Morgan fingerprint density at radius 1 is 1.26 bits per heavy atom. The number of rotatable bonds is 3. The second kappa shape index (κ2) is 4.72. The van der Waals surface area contributed by atoms with E-state index < -0.39 is 0 Å². The van der Waals surface area contributed by atoms with Crippen molar-refractivity contribution in [2.75, 3.05) is 5.32 Å². The number of anilines is 2. The molecule has 96 valence electrons. The van der Waals surface area contributed by atoms with E-state index in [2.05, 4.69) is 51.7 Å². The Morgan fingerprint density at radius 3 is 3.00 bits per heavy atom. The lowest BCUT2D eigenvalue weighted by atomic mass is 10.1. The number of aryl methyl sites for hydroxylation is 2. The number of aromatic amines is 1. The number of nitrogens with zero attached hydrogens (tertiary/aromatic N) is 2. The molecule has 3 aromatic rings. The van der Waals surface area contributed by atoms with Gasteiger partial charge in [0.2, 0.25) is 0 Å². The maximum absolute atomic E-state index is 4.42. The first kappa shape index (κ1) is 11.7. The molecule has 0 bridgehead atoms. The fourth-order valence-electron chi connectivity index (χ4n) is 2.21. The molecule has 0 atom stereocenters. The first-order chi connectivity index (χ1) is 9.28. The summed E-state index contributed by atoms with van der Waals surface area (Å²) in [7, 11) is 0. The van der Waals surface area contributed by atoms with Crippen molar-refractivity contribution in [3.8, 4) is 0 Å². The van der Waals surface area contributed by atoms with Gasteiger partial charge in [0.1, 0.15) is 5.82 Å². The first-order valence-corrected chi connectivity index (χ1v) is 6.43. The van der Waals surface area contributed by atoms with E-state index in [9.17, 15) is 0 Å². The molecule has 0 saturated heterocycles. The molecule has 0 aliphatic carbocycles. The average Bonchev–Trinajstić information content (AvgIpc) is 2.82. The van der Waals surface area contributed by atoms with Gasteiger partial charge in [-0.3, -0.25) is 5.10 Å². The molecule has 1 aromatic carbocycles. The molecule has 4 heteroatoms. The molecule has 2 aromatic heterocycles. The van der Waals surface area contributed by atoms with Crippen LogP contribution in [-0.4, -0.2) is 15.2 Å². The van der Waals surface area contributed by atoms with Crippen LogP contribution in [0.15, 0.2) is 36.5 Å². The van der Waals surface area contributed by atoms with Gasteiger partial charge in [-0.2, -0.15) is 5.10 Å². The Morgan fingerprint density at radius 2 is 2.16 bits per heavy atom. The van der Waals surface area contributed by atoms with Crippen LogP contribution >= 0.6 is 0 Å². The number of hydrogen-bond acceptors (Lipinski definition) is 3. The zero-order valence-electron chi connectivity index (χ0n) is 11.1. The van der Waals surface area contributed by atoms with Gasteiger partial charge in [-0.1, -0.05) is 19.1 Å². The third-order valence-electron chi connectivity index (χ3n) is 3.25. The molecule has 2 N–H and O–H groups in total. The minimum atomic E-state index is 0.844. The summed E-state index contributed by atoms with van der Waals surface area (Å²) in [4.78, 5) is 4.42. The zero-order valence-corrected chi connectivity index (χ0v) is 11.1. The normalized spacial score (nSPS) is 10.8. The van der Waals surface area contributed by atoms with Crippen LogP contribution in [0.3, 0.4) is 0 Å². The van der Waals surface area contributed by atoms with Crippen molar-refractivity contribution in [2.45, 2.75) is 20.3 Å². The summed E-state index contributed by atoms with van der Waals surface area (Å²) in [6.45, 7) is 4.16. The third-order valence-corrected chi connectivity index (χ3v) is 3.25. The van der Waals surface area contributed by atoms with Crippen LogP contribution in [0.25, 0.3) is 10.9 Å². The van der Waals surface area contributed by atoms with Crippen molar-refractivity contribution in [3.05, 3.63) is 47.8 Å². The van der Waals surface area contributed by atoms with E-state index in [4.69, 9.17) is 0 Å². The molecule has 0 aliphatic heterocycles. The third kappa shape index (κ3) is 2.17. The number of benzene rings is 1. The van der Waals surface area contributed by atoms with Crippen LogP contribution in [-0.2, 0) is 6.42 Å². The molecular formula is C15H16N4. The molecule has 0 unspecified atom stereocenters. The minimum absolute atomic E-state index is 0.844. The molecule has 4 nitrogen and oxygen atoms in total. The summed E-state index contributed by atoms with van der Waals surface area (Å²) in [5, 5.41) is 11.7. The fourth-order valence-corrected chi connectivity index (χ4v) is 2.21. The van der Waals surface area contributed by atoms with Crippen molar-refractivity contribution < 1.29 is 0 Å². The molecule has 0 saturated carbocycles. The molecular weight excluding hydrogens is 236 g/mol. The molecule has 19 heavy (non-hydrogen) atoms. The van der Waals surface area contributed by atoms with Crippen LogP contribution in [0.4, 0.5) is 11.5 Å². The van der Waals surface area contributed by atoms with Gasteiger partial charge >= 0.3 is 0 Å². The van der Waals surface area contributed by atoms with E-state index in [0.29, 0.717) is 0 Å². The zero-order chi connectivity index (χ0) is 13.2. The fraction of sp³-hybridized carbons (Fsp3) is 0.200. The van der Waals surface area contributed by atoms with Crippen LogP contribution in [0.2, 0.25) is 0 Å². The standard InChI is InChI=1S/C15H16N4/c1-3-11-5-4-6-12(9-11)17-15-14-10(2)18-19-13(14)7-8-16-15/h4-9H,3H2,1-2H3,(H,16,17)(H,18,19). The minimum Gasteiger partial charge on any atom is -0.340 e. The Kier molecular flexibility index (Phi) is 2.91. The smallest absolute Gasteiger partial charge is 0.141 e. The summed E-state index contributed by atoms with van der Waals surface area (Å²) in [5.41, 5.74) is 4.32. The van der Waals surface area contributed by atoms with E-state index in [1.54, 1.807) is 6.20 Å². The van der Waals surface area contributed by atoms with Gasteiger partial charge in [0.15, 0.2) is 0 Å². The van der Waals surface area contributed by atoms with Crippen molar-refractivity contribution in [1.82, 2.24) is 15.2 Å². The van der Waals surface area contributed by atoms with Gasteiger partial charge in [0, 0.05) is 17.6 Å². The molecule has 3 rings (SSSR count). The Labute approximate surface area is 111 Å². The van der Waals surface area contributed by atoms with Crippen molar-refractivity contribution in [3.63, 3.8) is 0 Å². The Bertz CT molecular complexity index is 715. The van der Waals surface area contributed by atoms with E-state index in [-0.39, 0.29) is 0 Å². The van der Waals surface area contributed by atoms with Crippen LogP contribution in [0, 0.1) is 6.92 Å². The SMILES string of the molecule is CCc1cccc(Nc2nccc3n[nH]c(C)c23)c1. The highest BCUT2D eigenvalue weighted by molar-refractivity contribution is 5.92. The van der Waals surface area contributed by atoms with E-state index in [0.717, 1.165) is 34.5 Å². The van der Waals surface area contributed by atoms with Crippen molar-refractivity contribution >= 4 is 22.4 Å². The van der Waals surface area contributed by atoms with Crippen LogP contribution in [0.1, 0.15) is 18.2 Å². The number of hydrogen-bond donors (Lipinski definition) is 2. The van der Waals surface area contributed by atoms with Crippen molar-refractivity contribution in [1.29, 1.82) is 0 Å². The summed E-state index contributed by atoms with van der Waals surface area (Å²) < 4.78 is 0. The first-order valence-electron chi connectivity index (χ1n) is 6.43. The summed E-state index contributed by atoms with van der Waals surface area (Å²) in [6.07, 6.45) is 2.80. The van der Waals surface area contributed by atoms with Gasteiger partial charge in [0.25, 0.3) is 0 Å². The van der Waals surface area contributed by atoms with E-state index >= 15 is 0 Å². The van der Waals surface area contributed by atoms with Crippen LogP contribution in [0.5, 0.6) is 0 Å². The van der Waals surface area contributed by atoms with Gasteiger partial charge in [-0.05, 0) is 37.1 Å². The monoisotopic (exact) mass is 252 g/mol. The molecule has 0 radical (unpaired) electrons. The van der Waals surface area contributed by atoms with Gasteiger partial charge < -0.3 is 5.32 Å². The van der Waals surface area contributed by atoms with Gasteiger partial charge in [-0.25, -0.2) is 4.98 Å². The predicted molar refractivity (Wildman–Crippen MR) is 77.7 cm³/mol. The Balaban J connectivity index is 2.03. The van der Waals surface area contributed by atoms with E-state index in [1.807, 2.05) is 13.0 Å². The summed E-state index contributed by atoms with van der Waals surface area (Å²) >= 11 is 0. The number of aromatic nitrogens is 3. The van der Waals surface area contributed by atoms with Gasteiger partial charge in [-0.15, -0.1) is 0 Å².